The molecule has 5 heteroatoms. The highest BCUT2D eigenvalue weighted by Gasteiger charge is 2.23. The molecule has 1 aliphatic heterocycles. The predicted octanol–water partition coefficient (Wildman–Crippen LogP) is 0.0907. The van der Waals surface area contributed by atoms with Crippen LogP contribution in [0.5, 0.6) is 0 Å². The molecule has 1 fully saturated rings. The molecule has 0 aromatic heterocycles. The molecule has 1 heterocycles. The highest BCUT2D eigenvalue weighted by atomic mass is 16.7. The highest BCUT2D eigenvalue weighted by Crippen LogP contribution is 2.12. The molecule has 70 valence electrons. The fourth-order valence-corrected chi connectivity index (χ4v) is 1.06. The number of ether oxygens (including phenoxy) is 3. The third-order valence-corrected chi connectivity index (χ3v) is 1.80. The molecule has 1 amide bonds. The molecular formula is C7H13NO4. The largest absolute Gasteiger partial charge is 0.446 e. The molecular weight excluding hydrogens is 162 g/mol. The number of hydrogen-bond donors (Lipinski definition) is 1. The zero-order valence-corrected chi connectivity index (χ0v) is 6.99. The third-order valence-electron chi connectivity index (χ3n) is 1.80. The molecule has 0 aromatic rings. The van der Waals surface area contributed by atoms with Gasteiger partial charge in [-0.2, -0.15) is 0 Å². The van der Waals surface area contributed by atoms with Gasteiger partial charge in [0.15, 0.2) is 0 Å². The van der Waals surface area contributed by atoms with E-state index in [0.717, 1.165) is 0 Å². The van der Waals surface area contributed by atoms with Gasteiger partial charge in [0.05, 0.1) is 13.2 Å². The van der Waals surface area contributed by atoms with Crippen LogP contribution in [0.1, 0.15) is 6.92 Å². The van der Waals surface area contributed by atoms with Gasteiger partial charge in [0.2, 0.25) is 0 Å². The van der Waals surface area contributed by atoms with Gasteiger partial charge in [-0.15, -0.1) is 0 Å². The van der Waals surface area contributed by atoms with E-state index in [4.69, 9.17) is 19.9 Å². The van der Waals surface area contributed by atoms with E-state index in [2.05, 4.69) is 0 Å². The normalized spacial score (nSPS) is 21.8. The molecule has 0 aromatic carbocycles. The summed E-state index contributed by atoms with van der Waals surface area (Å²) >= 11 is 0. The number of amides is 1. The SMILES string of the molecule is CC(OC(N)=O)C1COCOC1. The van der Waals surface area contributed by atoms with Crippen LogP contribution >= 0.6 is 0 Å². The molecule has 0 bridgehead atoms. The maximum atomic E-state index is 10.4. The Balaban J connectivity index is 2.29. The third kappa shape index (κ3) is 2.67. The van der Waals surface area contributed by atoms with Crippen LogP contribution in [0.4, 0.5) is 4.79 Å². The van der Waals surface area contributed by atoms with Crippen LogP contribution in [0, 0.1) is 5.92 Å². The molecule has 1 unspecified atom stereocenters. The van der Waals surface area contributed by atoms with Crippen LogP contribution in [-0.4, -0.2) is 32.2 Å². The quantitative estimate of drug-likeness (QED) is 0.645. The van der Waals surface area contributed by atoms with E-state index in [9.17, 15) is 4.79 Å². The van der Waals surface area contributed by atoms with Crippen LogP contribution in [0.15, 0.2) is 0 Å². The molecule has 1 rings (SSSR count). The van der Waals surface area contributed by atoms with Gasteiger partial charge in [-0.05, 0) is 6.92 Å². The van der Waals surface area contributed by atoms with Gasteiger partial charge in [-0.25, -0.2) is 4.79 Å². The smallest absolute Gasteiger partial charge is 0.404 e. The predicted molar refractivity (Wildman–Crippen MR) is 40.4 cm³/mol. The molecule has 0 aliphatic carbocycles. The second-order valence-electron chi connectivity index (χ2n) is 2.76. The van der Waals surface area contributed by atoms with Crippen molar-refractivity contribution in [1.82, 2.24) is 0 Å². The Morgan fingerprint density at radius 3 is 2.67 bits per heavy atom. The summed E-state index contributed by atoms with van der Waals surface area (Å²) in [6.45, 7) is 3.19. The van der Waals surface area contributed by atoms with Crippen LogP contribution < -0.4 is 5.73 Å². The molecule has 1 saturated heterocycles. The summed E-state index contributed by atoms with van der Waals surface area (Å²) in [6.07, 6.45) is -1.00. The summed E-state index contributed by atoms with van der Waals surface area (Å²) in [4.78, 5) is 10.4. The summed E-state index contributed by atoms with van der Waals surface area (Å²) < 4.78 is 14.8. The van der Waals surface area contributed by atoms with Crippen molar-refractivity contribution in [2.45, 2.75) is 13.0 Å². The zero-order valence-electron chi connectivity index (χ0n) is 6.99. The highest BCUT2D eigenvalue weighted by molar-refractivity contribution is 5.64. The monoisotopic (exact) mass is 175 g/mol. The van der Waals surface area contributed by atoms with E-state index < -0.39 is 6.09 Å². The van der Waals surface area contributed by atoms with Gasteiger partial charge in [0.1, 0.15) is 12.9 Å². The summed E-state index contributed by atoms with van der Waals surface area (Å²) in [5.74, 6) is 0.0891. The Morgan fingerprint density at radius 2 is 2.17 bits per heavy atom. The van der Waals surface area contributed by atoms with Crippen LogP contribution in [0.3, 0.4) is 0 Å². The fraction of sp³-hybridized carbons (Fsp3) is 0.857. The Labute approximate surface area is 70.8 Å². The van der Waals surface area contributed by atoms with Crippen molar-refractivity contribution in [3.63, 3.8) is 0 Å². The van der Waals surface area contributed by atoms with E-state index in [1.807, 2.05) is 0 Å². The van der Waals surface area contributed by atoms with Crippen molar-refractivity contribution in [3.8, 4) is 0 Å². The molecule has 12 heavy (non-hydrogen) atoms. The molecule has 0 radical (unpaired) electrons. The van der Waals surface area contributed by atoms with Gasteiger partial charge >= 0.3 is 6.09 Å². The number of hydrogen-bond acceptors (Lipinski definition) is 4. The maximum Gasteiger partial charge on any atom is 0.404 e. The lowest BCUT2D eigenvalue weighted by atomic mass is 10.1. The van der Waals surface area contributed by atoms with E-state index in [0.29, 0.717) is 20.0 Å². The minimum absolute atomic E-state index is 0.0891. The lowest BCUT2D eigenvalue weighted by Crippen LogP contribution is -2.36. The van der Waals surface area contributed by atoms with Crippen LogP contribution in [-0.2, 0) is 14.2 Å². The first-order valence-electron chi connectivity index (χ1n) is 3.81. The van der Waals surface area contributed by atoms with Crippen LogP contribution in [0.2, 0.25) is 0 Å². The summed E-state index contributed by atoms with van der Waals surface area (Å²) in [6, 6.07) is 0. The molecule has 0 saturated carbocycles. The first kappa shape index (κ1) is 9.28. The van der Waals surface area contributed by atoms with Crippen molar-refractivity contribution < 1.29 is 19.0 Å². The van der Waals surface area contributed by atoms with Crippen molar-refractivity contribution >= 4 is 6.09 Å². The number of primary amides is 1. The standard InChI is InChI=1S/C7H13NO4/c1-5(12-7(8)9)6-2-10-4-11-3-6/h5-6H,2-4H2,1H3,(H2,8,9). The maximum absolute atomic E-state index is 10.4. The minimum Gasteiger partial charge on any atom is -0.446 e. The number of carbonyl (C=O) groups excluding carboxylic acids is 1. The second kappa shape index (κ2) is 4.27. The van der Waals surface area contributed by atoms with Gasteiger partial charge in [-0.3, -0.25) is 0 Å². The van der Waals surface area contributed by atoms with Crippen molar-refractivity contribution in [2.24, 2.45) is 11.7 Å². The number of rotatable bonds is 2. The van der Waals surface area contributed by atoms with Gasteiger partial charge in [0, 0.05) is 5.92 Å². The average molecular weight is 175 g/mol. The minimum atomic E-state index is -0.756. The van der Waals surface area contributed by atoms with E-state index in [1.54, 1.807) is 6.92 Å². The first-order valence-corrected chi connectivity index (χ1v) is 3.81. The second-order valence-corrected chi connectivity index (χ2v) is 2.76. The average Bonchev–Trinajstić information content (AvgIpc) is 2.05. The van der Waals surface area contributed by atoms with E-state index in [1.165, 1.54) is 0 Å². The molecule has 2 N–H and O–H groups in total. The van der Waals surface area contributed by atoms with Gasteiger partial charge in [-0.1, -0.05) is 0 Å². The summed E-state index contributed by atoms with van der Waals surface area (Å²) in [5, 5.41) is 0. The lowest BCUT2D eigenvalue weighted by molar-refractivity contribution is -0.145. The van der Waals surface area contributed by atoms with E-state index in [-0.39, 0.29) is 12.0 Å². The Kier molecular flexibility index (Phi) is 3.31. The Hall–Kier alpha value is -0.810. The van der Waals surface area contributed by atoms with Crippen molar-refractivity contribution in [3.05, 3.63) is 0 Å². The van der Waals surface area contributed by atoms with E-state index >= 15 is 0 Å². The molecule has 1 atom stereocenters. The molecule has 1 aliphatic rings. The lowest BCUT2D eigenvalue weighted by Gasteiger charge is -2.26. The first-order chi connectivity index (χ1) is 5.70. The molecule has 5 nitrogen and oxygen atoms in total. The van der Waals surface area contributed by atoms with Crippen molar-refractivity contribution in [1.29, 1.82) is 0 Å². The summed E-state index contributed by atoms with van der Waals surface area (Å²) in [7, 11) is 0. The van der Waals surface area contributed by atoms with Crippen LogP contribution in [0.25, 0.3) is 0 Å². The molecule has 0 spiro atoms. The zero-order chi connectivity index (χ0) is 8.97. The van der Waals surface area contributed by atoms with Gasteiger partial charge in [0.25, 0.3) is 0 Å². The number of nitrogens with two attached hydrogens (primary N) is 1. The summed E-state index contributed by atoms with van der Waals surface area (Å²) in [5.41, 5.74) is 4.86. The Morgan fingerprint density at radius 1 is 1.58 bits per heavy atom. The topological polar surface area (TPSA) is 70.8 Å². The fourth-order valence-electron chi connectivity index (χ4n) is 1.06. The van der Waals surface area contributed by atoms with Gasteiger partial charge < -0.3 is 19.9 Å². The number of carbonyl (C=O) groups is 1. The van der Waals surface area contributed by atoms with Crippen molar-refractivity contribution in [2.75, 3.05) is 20.0 Å². The Bertz CT molecular complexity index is 155.